The van der Waals surface area contributed by atoms with Crippen LogP contribution >= 0.6 is 0 Å². The van der Waals surface area contributed by atoms with Crippen LogP contribution in [0.3, 0.4) is 0 Å². The molecule has 1 rings (SSSR count). The number of hydrogen-bond donors (Lipinski definition) is 1. The Balaban J connectivity index is 2.41. The second-order valence-corrected chi connectivity index (χ2v) is 1.18. The third kappa shape index (κ3) is 0.699. The molecule has 0 saturated heterocycles. The summed E-state index contributed by atoms with van der Waals surface area (Å²) in [7, 11) is 0. The summed E-state index contributed by atoms with van der Waals surface area (Å²) in [5.74, 6) is 0. The molecule has 0 fully saturated rings. The minimum absolute atomic E-state index is 0.587. The molecule has 0 aromatic heterocycles. The van der Waals surface area contributed by atoms with Gasteiger partial charge in [0.25, 0.3) is 0 Å². The van der Waals surface area contributed by atoms with Crippen molar-refractivity contribution in [2.24, 2.45) is 0 Å². The van der Waals surface area contributed by atoms with Crippen molar-refractivity contribution in [2.75, 3.05) is 0 Å². The fourth-order valence-corrected chi connectivity index (χ4v) is 0.342. The van der Waals surface area contributed by atoms with Gasteiger partial charge < -0.3 is 4.74 Å². The van der Waals surface area contributed by atoms with E-state index in [-0.39, 0.29) is 0 Å². The van der Waals surface area contributed by atoms with E-state index in [9.17, 15) is 10.1 Å². The zero-order valence-electron chi connectivity index (χ0n) is 3.83. The van der Waals surface area contributed by atoms with E-state index in [4.69, 9.17) is 0 Å². The topological polar surface area (TPSA) is 64.4 Å². The van der Waals surface area contributed by atoms with E-state index < -0.39 is 11.3 Å². The van der Waals surface area contributed by atoms with Crippen molar-refractivity contribution in [2.45, 2.75) is 6.35 Å². The standard InChI is InChI=1S/C3H3N2O3/c6-5(7)3-4-1-2-8-3/h1,3-4H. The van der Waals surface area contributed by atoms with E-state index in [1.807, 2.05) is 0 Å². The molecule has 0 spiro atoms. The highest BCUT2D eigenvalue weighted by Gasteiger charge is 2.20. The van der Waals surface area contributed by atoms with Crippen LogP contribution in [-0.2, 0) is 4.74 Å². The molecule has 5 heteroatoms. The fourth-order valence-electron chi connectivity index (χ4n) is 0.342. The van der Waals surface area contributed by atoms with Crippen LogP contribution < -0.4 is 5.32 Å². The van der Waals surface area contributed by atoms with Crippen LogP contribution in [0.5, 0.6) is 0 Å². The highest BCUT2D eigenvalue weighted by molar-refractivity contribution is 4.69. The maximum absolute atomic E-state index is 9.76. The zero-order chi connectivity index (χ0) is 5.98. The molecule has 43 valence electrons. The lowest BCUT2D eigenvalue weighted by atomic mass is 10.9. The average molecular weight is 115 g/mol. The quantitative estimate of drug-likeness (QED) is 0.367. The van der Waals surface area contributed by atoms with Gasteiger partial charge in [-0.3, -0.25) is 15.4 Å². The van der Waals surface area contributed by atoms with E-state index in [0.29, 0.717) is 0 Å². The lowest BCUT2D eigenvalue weighted by molar-refractivity contribution is -0.572. The molecule has 0 aliphatic carbocycles. The monoisotopic (exact) mass is 115 g/mol. The number of nitro groups is 1. The van der Waals surface area contributed by atoms with Gasteiger partial charge in [-0.15, -0.1) is 0 Å². The molecule has 1 radical (unpaired) electrons. The molecule has 1 N–H and O–H groups in total. The van der Waals surface area contributed by atoms with E-state index in [0.717, 1.165) is 0 Å². The Bertz CT molecular complexity index is 124. The molecule has 1 aliphatic rings. The first-order valence-corrected chi connectivity index (χ1v) is 1.93. The van der Waals surface area contributed by atoms with Crippen molar-refractivity contribution in [3.8, 4) is 0 Å². The van der Waals surface area contributed by atoms with E-state index in [1.165, 1.54) is 6.20 Å². The smallest absolute Gasteiger partial charge is 0.408 e. The summed E-state index contributed by atoms with van der Waals surface area (Å²) >= 11 is 0. The summed E-state index contributed by atoms with van der Waals surface area (Å²) in [5.41, 5.74) is 0. The lowest BCUT2D eigenvalue weighted by Gasteiger charge is -1.98. The summed E-state index contributed by atoms with van der Waals surface area (Å²) < 4.78 is 4.30. The minimum atomic E-state index is -1.13. The number of nitrogens with one attached hydrogen (secondary N) is 1. The molecule has 1 heterocycles. The summed E-state index contributed by atoms with van der Waals surface area (Å²) in [6.07, 6.45) is 2.30. The zero-order valence-corrected chi connectivity index (χ0v) is 3.83. The Labute approximate surface area is 45.1 Å². The molecule has 0 aromatic carbocycles. The van der Waals surface area contributed by atoms with Gasteiger partial charge in [-0.2, -0.15) is 0 Å². The fraction of sp³-hybridized carbons (Fsp3) is 0.333. The van der Waals surface area contributed by atoms with Gasteiger partial charge in [0.05, 0.1) is 11.1 Å². The Morgan fingerprint density at radius 3 is 3.00 bits per heavy atom. The Morgan fingerprint density at radius 2 is 2.75 bits per heavy atom. The third-order valence-electron chi connectivity index (χ3n) is 0.656. The Kier molecular flexibility index (Phi) is 1.03. The highest BCUT2D eigenvalue weighted by Crippen LogP contribution is 1.94. The average Bonchev–Trinajstić information content (AvgIpc) is 2.12. The predicted molar refractivity (Wildman–Crippen MR) is 22.8 cm³/mol. The molecule has 8 heavy (non-hydrogen) atoms. The number of rotatable bonds is 1. The first-order valence-electron chi connectivity index (χ1n) is 1.93. The third-order valence-corrected chi connectivity index (χ3v) is 0.656. The van der Waals surface area contributed by atoms with Gasteiger partial charge in [-0.05, 0) is 0 Å². The van der Waals surface area contributed by atoms with Crippen LogP contribution in [0.15, 0.2) is 6.20 Å². The highest BCUT2D eigenvalue weighted by atomic mass is 16.7. The van der Waals surface area contributed by atoms with E-state index in [1.54, 1.807) is 0 Å². The maximum Gasteiger partial charge on any atom is 0.438 e. The van der Waals surface area contributed by atoms with Crippen molar-refractivity contribution >= 4 is 0 Å². The van der Waals surface area contributed by atoms with Crippen molar-refractivity contribution in [1.82, 2.24) is 5.32 Å². The van der Waals surface area contributed by atoms with Gasteiger partial charge in [0.2, 0.25) is 0 Å². The van der Waals surface area contributed by atoms with Gasteiger partial charge in [-0.1, -0.05) is 0 Å². The summed E-state index contributed by atoms with van der Waals surface area (Å²) in [5, 5.41) is 12.1. The van der Waals surface area contributed by atoms with Gasteiger partial charge in [0.15, 0.2) is 6.26 Å². The van der Waals surface area contributed by atoms with E-state index in [2.05, 4.69) is 16.3 Å². The minimum Gasteiger partial charge on any atom is -0.408 e. The molecule has 1 atom stereocenters. The molecular weight excluding hydrogens is 112 g/mol. The van der Waals surface area contributed by atoms with Crippen molar-refractivity contribution in [3.63, 3.8) is 0 Å². The summed E-state index contributed by atoms with van der Waals surface area (Å²) in [4.78, 5) is 9.17. The Morgan fingerprint density at radius 1 is 2.00 bits per heavy atom. The normalized spacial score (nSPS) is 24.2. The maximum atomic E-state index is 9.76. The van der Waals surface area contributed by atoms with E-state index >= 15 is 0 Å². The SMILES string of the molecule is O=[N+]([O-])C1NC=[C]O1. The Hall–Kier alpha value is -1.26. The molecule has 5 nitrogen and oxygen atoms in total. The molecule has 0 amide bonds. The second-order valence-electron chi connectivity index (χ2n) is 1.18. The van der Waals surface area contributed by atoms with Crippen LogP contribution in [-0.4, -0.2) is 11.3 Å². The van der Waals surface area contributed by atoms with Crippen LogP contribution in [0.2, 0.25) is 0 Å². The van der Waals surface area contributed by atoms with Gasteiger partial charge in [0.1, 0.15) is 0 Å². The second kappa shape index (κ2) is 1.69. The van der Waals surface area contributed by atoms with Crippen LogP contribution in [0, 0.1) is 16.4 Å². The molecule has 0 bridgehead atoms. The summed E-state index contributed by atoms with van der Waals surface area (Å²) in [6, 6.07) is 0. The number of nitrogens with zero attached hydrogens (tertiary/aromatic N) is 1. The molecule has 0 saturated carbocycles. The van der Waals surface area contributed by atoms with Gasteiger partial charge in [0, 0.05) is 0 Å². The van der Waals surface area contributed by atoms with Crippen LogP contribution in [0.4, 0.5) is 0 Å². The molecular formula is C3H3N2O3. The molecule has 0 aromatic rings. The van der Waals surface area contributed by atoms with Crippen molar-refractivity contribution < 1.29 is 9.66 Å². The first kappa shape index (κ1) is 4.89. The van der Waals surface area contributed by atoms with Crippen molar-refractivity contribution in [3.05, 3.63) is 22.6 Å². The van der Waals surface area contributed by atoms with Gasteiger partial charge >= 0.3 is 6.35 Å². The predicted octanol–water partition coefficient (Wildman–Crippen LogP) is -0.559. The summed E-state index contributed by atoms with van der Waals surface area (Å²) in [6.45, 7) is 0. The first-order chi connectivity index (χ1) is 3.80. The molecule has 1 unspecified atom stereocenters. The number of ether oxygens (including phenoxy) is 1. The molecule has 1 aliphatic heterocycles. The number of hydrogen-bond acceptors (Lipinski definition) is 4. The van der Waals surface area contributed by atoms with Gasteiger partial charge in [-0.25, -0.2) is 0 Å². The largest absolute Gasteiger partial charge is 0.438 e. The van der Waals surface area contributed by atoms with Crippen LogP contribution in [0.1, 0.15) is 0 Å². The lowest BCUT2D eigenvalue weighted by Crippen LogP contribution is -2.29. The van der Waals surface area contributed by atoms with Crippen LogP contribution in [0.25, 0.3) is 0 Å². The van der Waals surface area contributed by atoms with Crippen molar-refractivity contribution in [1.29, 1.82) is 0 Å².